The van der Waals surface area contributed by atoms with Gasteiger partial charge < -0.3 is 15.5 Å². The summed E-state index contributed by atoms with van der Waals surface area (Å²) in [6, 6.07) is 20.7. The molecule has 6 nitrogen and oxygen atoms in total. The maximum Gasteiger partial charge on any atom is 0.229 e. The minimum atomic E-state index is -0.160. The van der Waals surface area contributed by atoms with Gasteiger partial charge in [0.2, 0.25) is 5.91 Å². The Bertz CT molecular complexity index is 1040. The Morgan fingerprint density at radius 2 is 1.67 bits per heavy atom. The van der Waals surface area contributed by atoms with Crippen molar-refractivity contribution in [2.45, 2.75) is 38.3 Å². The van der Waals surface area contributed by atoms with Gasteiger partial charge >= 0.3 is 0 Å². The highest BCUT2D eigenvalue weighted by atomic mass is 16.2. The fourth-order valence-corrected chi connectivity index (χ4v) is 5.30. The molecule has 0 unspecified atom stereocenters. The molecule has 0 saturated carbocycles. The van der Waals surface area contributed by atoms with Gasteiger partial charge in [0, 0.05) is 31.5 Å². The average molecular weight is 444 g/mol. The summed E-state index contributed by atoms with van der Waals surface area (Å²) >= 11 is 0. The van der Waals surface area contributed by atoms with Crippen LogP contribution in [0.2, 0.25) is 0 Å². The van der Waals surface area contributed by atoms with Gasteiger partial charge in [0.15, 0.2) is 0 Å². The van der Waals surface area contributed by atoms with E-state index in [1.165, 1.54) is 11.1 Å². The van der Waals surface area contributed by atoms with Crippen molar-refractivity contribution >= 4 is 5.91 Å². The molecule has 3 heterocycles. The zero-order chi connectivity index (χ0) is 22.7. The lowest BCUT2D eigenvalue weighted by molar-refractivity contribution is -0.138. The number of likely N-dealkylation sites (tertiary alicyclic amines) is 2. The SMILES string of the molecule is N[C@@H](CCN1CCC2(CC1)CCN(Cc1ccc(-n3cccn3)cc1)C2=O)c1ccccc1. The molecule has 1 aromatic heterocycles. The highest BCUT2D eigenvalue weighted by Crippen LogP contribution is 2.42. The van der Waals surface area contributed by atoms with Crippen LogP contribution in [0.25, 0.3) is 5.69 Å². The molecule has 2 saturated heterocycles. The number of nitrogens with zero attached hydrogens (tertiary/aromatic N) is 4. The van der Waals surface area contributed by atoms with E-state index in [2.05, 4.69) is 51.3 Å². The van der Waals surface area contributed by atoms with E-state index in [0.717, 1.165) is 57.5 Å². The quantitative estimate of drug-likeness (QED) is 0.604. The first-order valence-corrected chi connectivity index (χ1v) is 12.0. The number of amides is 1. The molecule has 172 valence electrons. The molecule has 6 heteroatoms. The molecule has 2 aromatic carbocycles. The largest absolute Gasteiger partial charge is 0.338 e. The fraction of sp³-hybridized carbons (Fsp3) is 0.407. The summed E-state index contributed by atoms with van der Waals surface area (Å²) in [5.41, 5.74) is 9.63. The summed E-state index contributed by atoms with van der Waals surface area (Å²) in [6.07, 6.45) is 7.56. The van der Waals surface area contributed by atoms with Crippen molar-refractivity contribution in [1.29, 1.82) is 0 Å². The highest BCUT2D eigenvalue weighted by Gasteiger charge is 2.47. The summed E-state index contributed by atoms with van der Waals surface area (Å²) in [4.78, 5) is 17.9. The van der Waals surface area contributed by atoms with Crippen molar-refractivity contribution in [3.05, 3.63) is 84.2 Å². The monoisotopic (exact) mass is 443 g/mol. The Labute approximate surface area is 196 Å². The molecule has 1 spiro atoms. The second-order valence-electron chi connectivity index (χ2n) is 9.52. The zero-order valence-electron chi connectivity index (χ0n) is 19.1. The predicted molar refractivity (Wildman–Crippen MR) is 130 cm³/mol. The van der Waals surface area contributed by atoms with E-state index in [9.17, 15) is 4.79 Å². The molecule has 0 radical (unpaired) electrons. The third kappa shape index (κ3) is 4.72. The van der Waals surface area contributed by atoms with Crippen molar-refractivity contribution in [3.8, 4) is 5.69 Å². The number of hydrogen-bond donors (Lipinski definition) is 1. The molecule has 1 amide bonds. The van der Waals surface area contributed by atoms with Crippen LogP contribution in [0.5, 0.6) is 0 Å². The summed E-state index contributed by atoms with van der Waals surface area (Å²) in [6.45, 7) is 4.51. The topological polar surface area (TPSA) is 67.4 Å². The number of carbonyl (C=O) groups is 1. The van der Waals surface area contributed by atoms with Gasteiger partial charge in [-0.2, -0.15) is 5.10 Å². The summed E-state index contributed by atoms with van der Waals surface area (Å²) < 4.78 is 1.85. The summed E-state index contributed by atoms with van der Waals surface area (Å²) in [5.74, 6) is 0.347. The number of nitrogens with two attached hydrogens (primary N) is 1. The standard InChI is InChI=1S/C27H33N5O/c28-25(23-5-2-1-3-6-23)11-17-30-18-12-27(13-19-30)14-20-31(26(27)33)21-22-7-9-24(10-8-22)32-16-4-15-29-32/h1-10,15-16,25H,11-14,17-21,28H2/t25-/m0/s1. The Morgan fingerprint density at radius 3 is 2.36 bits per heavy atom. The third-order valence-corrected chi connectivity index (χ3v) is 7.48. The number of piperidine rings is 1. The van der Waals surface area contributed by atoms with Gasteiger partial charge in [0.05, 0.1) is 11.1 Å². The molecular weight excluding hydrogens is 410 g/mol. The zero-order valence-corrected chi connectivity index (χ0v) is 19.1. The first kappa shape index (κ1) is 21.9. The maximum atomic E-state index is 13.4. The molecule has 2 aliphatic rings. The van der Waals surface area contributed by atoms with Gasteiger partial charge in [-0.1, -0.05) is 42.5 Å². The van der Waals surface area contributed by atoms with E-state index >= 15 is 0 Å². The van der Waals surface area contributed by atoms with Crippen LogP contribution in [0.3, 0.4) is 0 Å². The second kappa shape index (κ2) is 9.49. The van der Waals surface area contributed by atoms with E-state index in [1.807, 2.05) is 35.1 Å². The lowest BCUT2D eigenvalue weighted by atomic mass is 9.77. The van der Waals surface area contributed by atoms with Crippen LogP contribution in [-0.4, -0.2) is 51.7 Å². The Balaban J connectivity index is 1.12. The number of benzene rings is 2. The van der Waals surface area contributed by atoms with Gasteiger partial charge in [0.25, 0.3) is 0 Å². The number of hydrogen-bond acceptors (Lipinski definition) is 4. The van der Waals surface area contributed by atoms with E-state index < -0.39 is 0 Å². The van der Waals surface area contributed by atoms with Crippen molar-refractivity contribution in [1.82, 2.24) is 19.6 Å². The van der Waals surface area contributed by atoms with E-state index in [4.69, 9.17) is 5.73 Å². The van der Waals surface area contributed by atoms with Gasteiger partial charge in [-0.15, -0.1) is 0 Å². The van der Waals surface area contributed by atoms with Crippen LogP contribution in [0.15, 0.2) is 73.1 Å². The summed E-state index contributed by atoms with van der Waals surface area (Å²) in [7, 11) is 0. The summed E-state index contributed by atoms with van der Waals surface area (Å²) in [5, 5.41) is 4.27. The van der Waals surface area contributed by atoms with E-state index in [-0.39, 0.29) is 11.5 Å². The van der Waals surface area contributed by atoms with Crippen molar-refractivity contribution in [2.24, 2.45) is 11.1 Å². The number of rotatable bonds is 7. The van der Waals surface area contributed by atoms with Crippen molar-refractivity contribution in [3.63, 3.8) is 0 Å². The third-order valence-electron chi connectivity index (χ3n) is 7.48. The Kier molecular flexibility index (Phi) is 6.29. The lowest BCUT2D eigenvalue weighted by Gasteiger charge is -2.38. The number of carbonyl (C=O) groups excluding carboxylic acids is 1. The molecule has 3 aromatic rings. The molecule has 33 heavy (non-hydrogen) atoms. The van der Waals surface area contributed by atoms with Crippen LogP contribution >= 0.6 is 0 Å². The fourth-order valence-electron chi connectivity index (χ4n) is 5.30. The average Bonchev–Trinajstić information content (AvgIpc) is 3.50. The van der Waals surface area contributed by atoms with Gasteiger partial charge in [-0.25, -0.2) is 4.68 Å². The first-order valence-electron chi connectivity index (χ1n) is 12.0. The molecule has 2 fully saturated rings. The molecule has 0 aliphatic carbocycles. The van der Waals surface area contributed by atoms with Crippen LogP contribution in [0.1, 0.15) is 42.9 Å². The van der Waals surface area contributed by atoms with Crippen LogP contribution in [-0.2, 0) is 11.3 Å². The Hall–Kier alpha value is -2.96. The van der Waals surface area contributed by atoms with E-state index in [0.29, 0.717) is 12.5 Å². The Morgan fingerprint density at radius 1 is 0.939 bits per heavy atom. The van der Waals surface area contributed by atoms with E-state index in [1.54, 1.807) is 6.20 Å². The van der Waals surface area contributed by atoms with Crippen LogP contribution < -0.4 is 5.73 Å². The normalized spacial score (nSPS) is 19.3. The molecular formula is C27H33N5O. The number of aromatic nitrogens is 2. The van der Waals surface area contributed by atoms with Crippen molar-refractivity contribution < 1.29 is 4.79 Å². The van der Waals surface area contributed by atoms with Crippen LogP contribution in [0.4, 0.5) is 0 Å². The van der Waals surface area contributed by atoms with Gasteiger partial charge in [-0.3, -0.25) is 4.79 Å². The van der Waals surface area contributed by atoms with Crippen LogP contribution in [0, 0.1) is 5.41 Å². The smallest absolute Gasteiger partial charge is 0.229 e. The maximum absolute atomic E-state index is 13.4. The van der Waals surface area contributed by atoms with Gasteiger partial charge in [0.1, 0.15) is 0 Å². The molecule has 2 aliphatic heterocycles. The molecule has 1 atom stereocenters. The predicted octanol–water partition coefficient (Wildman–Crippen LogP) is 3.78. The minimum absolute atomic E-state index is 0.0744. The second-order valence-corrected chi connectivity index (χ2v) is 9.52. The molecule has 2 N–H and O–H groups in total. The molecule has 5 rings (SSSR count). The first-order chi connectivity index (χ1) is 16.1. The van der Waals surface area contributed by atoms with Gasteiger partial charge in [-0.05, 0) is 74.6 Å². The van der Waals surface area contributed by atoms with Crippen molar-refractivity contribution in [2.75, 3.05) is 26.2 Å². The minimum Gasteiger partial charge on any atom is -0.338 e. The molecule has 0 bridgehead atoms. The lowest BCUT2D eigenvalue weighted by Crippen LogP contribution is -2.45. The highest BCUT2D eigenvalue weighted by molar-refractivity contribution is 5.85.